The fourth-order valence-corrected chi connectivity index (χ4v) is 9.78. The lowest BCUT2D eigenvalue weighted by Crippen LogP contribution is -2.65. The van der Waals surface area contributed by atoms with Crippen LogP contribution in [0, 0.1) is 39.9 Å². The SMILES string of the molecule is CC(C)=CCCC1=C2C(CC3(C)C2CC(O)C2C4(C)CCC(O)C(C)C4CCC23C)OC1=O. The van der Waals surface area contributed by atoms with E-state index in [-0.39, 0.29) is 52.4 Å². The van der Waals surface area contributed by atoms with E-state index in [0.29, 0.717) is 11.8 Å². The van der Waals surface area contributed by atoms with Gasteiger partial charge in [0.05, 0.1) is 12.2 Å². The Bertz CT molecular complexity index is 899. The maximum atomic E-state index is 12.8. The van der Waals surface area contributed by atoms with Crippen LogP contribution >= 0.6 is 0 Å². The molecule has 10 unspecified atom stereocenters. The van der Waals surface area contributed by atoms with Gasteiger partial charge in [0.2, 0.25) is 0 Å². The molecule has 4 aliphatic carbocycles. The van der Waals surface area contributed by atoms with Crippen LogP contribution in [0.25, 0.3) is 0 Å². The summed E-state index contributed by atoms with van der Waals surface area (Å²) >= 11 is 0. The van der Waals surface area contributed by atoms with E-state index in [2.05, 4.69) is 47.6 Å². The first-order chi connectivity index (χ1) is 15.4. The number of hydrogen-bond acceptors (Lipinski definition) is 4. The largest absolute Gasteiger partial charge is 0.454 e. The zero-order chi connectivity index (χ0) is 23.9. The normalized spacial score (nSPS) is 50.8. The van der Waals surface area contributed by atoms with Gasteiger partial charge in [-0.2, -0.15) is 0 Å². The van der Waals surface area contributed by atoms with E-state index >= 15 is 0 Å². The number of allylic oxidation sites excluding steroid dienone is 2. The van der Waals surface area contributed by atoms with Gasteiger partial charge in [-0.15, -0.1) is 0 Å². The van der Waals surface area contributed by atoms with Crippen molar-refractivity contribution in [3.8, 4) is 0 Å². The highest BCUT2D eigenvalue weighted by Gasteiger charge is 2.71. The molecule has 0 aromatic heterocycles. The van der Waals surface area contributed by atoms with Crippen molar-refractivity contribution >= 4 is 5.97 Å². The fourth-order valence-electron chi connectivity index (χ4n) is 9.78. The van der Waals surface area contributed by atoms with Crippen LogP contribution in [0.1, 0.15) is 92.9 Å². The van der Waals surface area contributed by atoms with E-state index in [1.54, 1.807) is 0 Å². The van der Waals surface area contributed by atoms with Crippen LogP contribution in [-0.4, -0.2) is 34.5 Å². The van der Waals surface area contributed by atoms with Gasteiger partial charge in [0.25, 0.3) is 0 Å². The van der Waals surface area contributed by atoms with Gasteiger partial charge in [0.15, 0.2) is 0 Å². The molecule has 1 aliphatic heterocycles. The van der Waals surface area contributed by atoms with Crippen molar-refractivity contribution in [2.75, 3.05) is 0 Å². The number of fused-ring (bicyclic) bond motifs is 7. The van der Waals surface area contributed by atoms with Crippen LogP contribution in [0.3, 0.4) is 0 Å². The van der Waals surface area contributed by atoms with Crippen molar-refractivity contribution in [1.82, 2.24) is 0 Å². The van der Waals surface area contributed by atoms with Crippen LogP contribution in [-0.2, 0) is 9.53 Å². The van der Waals surface area contributed by atoms with Gasteiger partial charge in [-0.1, -0.05) is 39.3 Å². The quantitative estimate of drug-likeness (QED) is 0.430. The lowest BCUT2D eigenvalue weighted by atomic mass is 9.36. The first kappa shape index (κ1) is 23.6. The van der Waals surface area contributed by atoms with Crippen LogP contribution in [0.15, 0.2) is 22.8 Å². The number of carbonyl (C=O) groups is 1. The van der Waals surface area contributed by atoms with E-state index < -0.39 is 0 Å². The lowest BCUT2D eigenvalue weighted by molar-refractivity contribution is -0.234. The second-order valence-electron chi connectivity index (χ2n) is 13.1. The first-order valence-electron chi connectivity index (χ1n) is 13.4. The van der Waals surface area contributed by atoms with Gasteiger partial charge in [-0.3, -0.25) is 0 Å². The summed E-state index contributed by atoms with van der Waals surface area (Å²) in [6, 6.07) is 0. The number of aliphatic hydroxyl groups excluding tert-OH is 2. The minimum Gasteiger partial charge on any atom is -0.454 e. The maximum Gasteiger partial charge on any atom is 0.334 e. The van der Waals surface area contributed by atoms with E-state index in [1.165, 1.54) is 11.1 Å². The molecule has 4 nitrogen and oxygen atoms in total. The molecule has 0 saturated heterocycles. The summed E-state index contributed by atoms with van der Waals surface area (Å²) in [6.45, 7) is 13.7. The zero-order valence-corrected chi connectivity index (χ0v) is 21.5. The third-order valence-electron chi connectivity index (χ3n) is 11.5. The Hall–Kier alpha value is -1.13. The van der Waals surface area contributed by atoms with Crippen LogP contribution in [0.2, 0.25) is 0 Å². The number of esters is 1. The lowest BCUT2D eigenvalue weighted by Gasteiger charge is -2.69. The van der Waals surface area contributed by atoms with Gasteiger partial charge in [-0.05, 0) is 111 Å². The highest BCUT2D eigenvalue weighted by atomic mass is 16.5. The molecule has 0 aromatic carbocycles. The van der Waals surface area contributed by atoms with E-state index in [4.69, 9.17) is 4.74 Å². The van der Waals surface area contributed by atoms with Crippen LogP contribution in [0.5, 0.6) is 0 Å². The number of carbonyl (C=O) groups excluding carboxylic acids is 1. The summed E-state index contributed by atoms with van der Waals surface area (Å²) in [5.74, 6) is 1.08. The molecule has 2 N–H and O–H groups in total. The molecule has 10 atom stereocenters. The molecule has 1 heterocycles. The smallest absolute Gasteiger partial charge is 0.334 e. The predicted octanol–water partition coefficient (Wildman–Crippen LogP) is 5.58. The molecule has 0 aromatic rings. The first-order valence-corrected chi connectivity index (χ1v) is 13.4. The third kappa shape index (κ3) is 3.12. The van der Waals surface area contributed by atoms with Gasteiger partial charge in [-0.25, -0.2) is 4.79 Å². The van der Waals surface area contributed by atoms with Crippen molar-refractivity contribution in [3.05, 3.63) is 22.8 Å². The summed E-state index contributed by atoms with van der Waals surface area (Å²) in [4.78, 5) is 12.8. The van der Waals surface area contributed by atoms with Crippen LogP contribution < -0.4 is 0 Å². The molecule has 0 amide bonds. The molecule has 5 aliphatic rings. The second-order valence-corrected chi connectivity index (χ2v) is 13.1. The number of rotatable bonds is 3. The number of aliphatic hydroxyl groups is 2. The molecule has 33 heavy (non-hydrogen) atoms. The number of ether oxygens (including phenoxy) is 1. The Kier molecular flexibility index (Phi) is 5.50. The van der Waals surface area contributed by atoms with Gasteiger partial charge in [0, 0.05) is 5.57 Å². The average Bonchev–Trinajstić information content (AvgIpc) is 3.17. The molecule has 0 spiro atoms. The highest BCUT2D eigenvalue weighted by Crippen LogP contribution is 2.74. The molecule has 4 saturated carbocycles. The minimum atomic E-state index is -0.371. The number of hydrogen-bond donors (Lipinski definition) is 2. The monoisotopic (exact) mass is 456 g/mol. The summed E-state index contributed by atoms with van der Waals surface area (Å²) in [7, 11) is 0. The molecule has 0 radical (unpaired) electrons. The van der Waals surface area contributed by atoms with Gasteiger partial charge < -0.3 is 14.9 Å². The summed E-state index contributed by atoms with van der Waals surface area (Å²) in [6.07, 6.45) is 8.80. The van der Waals surface area contributed by atoms with Crippen molar-refractivity contribution in [2.45, 2.75) is 111 Å². The van der Waals surface area contributed by atoms with Crippen molar-refractivity contribution in [2.24, 2.45) is 39.9 Å². The molecular formula is C29H44O4. The Labute approximate surface area is 199 Å². The summed E-state index contributed by atoms with van der Waals surface area (Å²) in [5, 5.41) is 22.4. The van der Waals surface area contributed by atoms with Crippen molar-refractivity contribution in [3.63, 3.8) is 0 Å². The Morgan fingerprint density at radius 3 is 2.52 bits per heavy atom. The Balaban J connectivity index is 1.53. The topological polar surface area (TPSA) is 66.8 Å². The average molecular weight is 457 g/mol. The standard InChI is InChI=1S/C29H44O4/c1-16(2)8-7-9-18-24-20-14-22(31)25-27(4)12-11-21(30)17(3)19(27)10-13-28(25,5)29(20,6)15-23(24)33-26(18)32/h8,17,19-23,25,30-31H,7,9-15H2,1-6H3. The third-order valence-corrected chi connectivity index (χ3v) is 11.5. The highest BCUT2D eigenvalue weighted by molar-refractivity contribution is 5.92. The van der Waals surface area contributed by atoms with Gasteiger partial charge in [0.1, 0.15) is 6.10 Å². The van der Waals surface area contributed by atoms with E-state index in [0.717, 1.165) is 56.9 Å². The molecule has 184 valence electrons. The Morgan fingerprint density at radius 2 is 1.82 bits per heavy atom. The summed E-state index contributed by atoms with van der Waals surface area (Å²) in [5.41, 5.74) is 3.47. The maximum absolute atomic E-state index is 12.8. The van der Waals surface area contributed by atoms with E-state index in [1.807, 2.05) is 0 Å². The molecule has 0 bridgehead atoms. The summed E-state index contributed by atoms with van der Waals surface area (Å²) < 4.78 is 5.99. The minimum absolute atomic E-state index is 0.00262. The molecular weight excluding hydrogens is 412 g/mol. The second kappa shape index (κ2) is 7.68. The van der Waals surface area contributed by atoms with E-state index in [9.17, 15) is 15.0 Å². The Morgan fingerprint density at radius 1 is 1.09 bits per heavy atom. The van der Waals surface area contributed by atoms with Crippen molar-refractivity contribution in [1.29, 1.82) is 0 Å². The predicted molar refractivity (Wildman–Crippen MR) is 129 cm³/mol. The van der Waals surface area contributed by atoms with Crippen molar-refractivity contribution < 1.29 is 19.7 Å². The molecule has 5 rings (SSSR count). The molecule has 4 heteroatoms. The van der Waals surface area contributed by atoms with Gasteiger partial charge >= 0.3 is 5.97 Å². The molecule has 4 fully saturated rings. The zero-order valence-electron chi connectivity index (χ0n) is 21.5. The van der Waals surface area contributed by atoms with Crippen LogP contribution in [0.4, 0.5) is 0 Å². The fraction of sp³-hybridized carbons (Fsp3) is 0.828.